The minimum Gasteiger partial charge on any atom is -0.466 e. The molecule has 0 aliphatic carbocycles. The van der Waals surface area contributed by atoms with Crippen LogP contribution in [0.1, 0.15) is 35.7 Å². The zero-order chi connectivity index (χ0) is 17.0. The molecule has 1 aliphatic heterocycles. The summed E-state index contributed by atoms with van der Waals surface area (Å²) in [5.41, 5.74) is -1.29. The van der Waals surface area contributed by atoms with Gasteiger partial charge in [-0.1, -0.05) is 12.1 Å². The number of esters is 1. The SMILES string of the molecule is CCOC(=O)C1CCN(C(=O)c2ccccc2C(F)(F)F)CC1. The highest BCUT2D eigenvalue weighted by atomic mass is 19.4. The molecule has 23 heavy (non-hydrogen) atoms. The summed E-state index contributed by atoms with van der Waals surface area (Å²) < 4.78 is 43.9. The highest BCUT2D eigenvalue weighted by molar-refractivity contribution is 5.96. The predicted molar refractivity (Wildman–Crippen MR) is 76.7 cm³/mol. The van der Waals surface area contributed by atoms with Crippen molar-refractivity contribution in [3.8, 4) is 0 Å². The Bertz CT molecular complexity index is 578. The summed E-state index contributed by atoms with van der Waals surface area (Å²) in [6, 6.07) is 4.75. The van der Waals surface area contributed by atoms with Crippen LogP contribution in [0.25, 0.3) is 0 Å². The number of piperidine rings is 1. The number of hydrogen-bond acceptors (Lipinski definition) is 3. The second kappa shape index (κ2) is 7.02. The Labute approximate surface area is 132 Å². The smallest absolute Gasteiger partial charge is 0.417 e. The lowest BCUT2D eigenvalue weighted by molar-refractivity contribution is -0.149. The minimum atomic E-state index is -4.57. The van der Waals surface area contributed by atoms with E-state index in [4.69, 9.17) is 4.74 Å². The Morgan fingerprint density at radius 1 is 1.22 bits per heavy atom. The molecule has 0 aromatic heterocycles. The third-order valence-corrected chi connectivity index (χ3v) is 3.86. The van der Waals surface area contributed by atoms with Crippen molar-refractivity contribution in [3.63, 3.8) is 0 Å². The second-order valence-electron chi connectivity index (χ2n) is 5.36. The van der Waals surface area contributed by atoms with E-state index in [9.17, 15) is 22.8 Å². The highest BCUT2D eigenvalue weighted by Gasteiger charge is 2.37. The number of carbonyl (C=O) groups is 2. The molecule has 1 saturated heterocycles. The first kappa shape index (κ1) is 17.3. The summed E-state index contributed by atoms with van der Waals surface area (Å²) in [6.45, 7) is 2.49. The average Bonchev–Trinajstić information content (AvgIpc) is 2.54. The molecule has 1 fully saturated rings. The van der Waals surface area contributed by atoms with Gasteiger partial charge in [-0.05, 0) is 31.9 Å². The molecule has 0 bridgehead atoms. The molecule has 0 atom stereocenters. The van der Waals surface area contributed by atoms with Crippen LogP contribution in [0, 0.1) is 5.92 Å². The van der Waals surface area contributed by atoms with Crippen molar-refractivity contribution in [1.29, 1.82) is 0 Å². The Hall–Kier alpha value is -2.05. The number of ether oxygens (including phenoxy) is 1. The van der Waals surface area contributed by atoms with Gasteiger partial charge in [-0.2, -0.15) is 13.2 Å². The standard InChI is InChI=1S/C16H18F3NO3/c1-2-23-15(22)11-7-9-20(10-8-11)14(21)12-5-3-4-6-13(12)16(17,18)19/h3-6,11H,2,7-10H2,1H3. The van der Waals surface area contributed by atoms with E-state index in [1.54, 1.807) is 6.92 Å². The van der Waals surface area contributed by atoms with Gasteiger partial charge in [0, 0.05) is 13.1 Å². The Balaban J connectivity index is 2.08. The molecule has 2 rings (SSSR count). The molecule has 1 aromatic rings. The maximum Gasteiger partial charge on any atom is 0.417 e. The lowest BCUT2D eigenvalue weighted by Gasteiger charge is -2.31. The zero-order valence-corrected chi connectivity index (χ0v) is 12.7. The van der Waals surface area contributed by atoms with Crippen LogP contribution in [0.3, 0.4) is 0 Å². The van der Waals surface area contributed by atoms with Gasteiger partial charge >= 0.3 is 12.1 Å². The Kier molecular flexibility index (Phi) is 5.28. The summed E-state index contributed by atoms with van der Waals surface area (Å²) in [5.74, 6) is -1.26. The van der Waals surface area contributed by atoms with Crippen LogP contribution in [0.5, 0.6) is 0 Å². The molecular weight excluding hydrogens is 311 g/mol. The lowest BCUT2D eigenvalue weighted by Crippen LogP contribution is -2.41. The van der Waals surface area contributed by atoms with Crippen molar-refractivity contribution in [3.05, 3.63) is 35.4 Å². The number of hydrogen-bond donors (Lipinski definition) is 0. The fourth-order valence-corrected chi connectivity index (χ4v) is 2.67. The van der Waals surface area contributed by atoms with Crippen molar-refractivity contribution in [2.45, 2.75) is 25.9 Å². The average molecular weight is 329 g/mol. The topological polar surface area (TPSA) is 46.6 Å². The molecule has 0 saturated carbocycles. The lowest BCUT2D eigenvalue weighted by atomic mass is 9.96. The van der Waals surface area contributed by atoms with E-state index >= 15 is 0 Å². The first-order valence-electron chi connectivity index (χ1n) is 7.46. The summed E-state index contributed by atoms with van der Waals surface area (Å²) in [4.78, 5) is 25.4. The van der Waals surface area contributed by atoms with Crippen molar-refractivity contribution in [2.24, 2.45) is 5.92 Å². The Morgan fingerprint density at radius 2 is 1.83 bits per heavy atom. The van der Waals surface area contributed by atoms with Crippen molar-refractivity contribution < 1.29 is 27.5 Å². The van der Waals surface area contributed by atoms with Gasteiger partial charge in [-0.25, -0.2) is 0 Å². The van der Waals surface area contributed by atoms with Gasteiger partial charge in [0.25, 0.3) is 5.91 Å². The molecule has 0 N–H and O–H groups in total. The maximum atomic E-state index is 13.0. The number of alkyl halides is 3. The van der Waals surface area contributed by atoms with Crippen LogP contribution in [-0.2, 0) is 15.7 Å². The summed E-state index contributed by atoms with van der Waals surface area (Å²) in [7, 11) is 0. The minimum absolute atomic E-state index is 0.245. The molecule has 126 valence electrons. The van der Waals surface area contributed by atoms with Gasteiger partial charge in [0.1, 0.15) is 0 Å². The quantitative estimate of drug-likeness (QED) is 0.801. The predicted octanol–water partition coefficient (Wildman–Crippen LogP) is 3.12. The number of halogens is 3. The molecule has 0 radical (unpaired) electrons. The largest absolute Gasteiger partial charge is 0.466 e. The summed E-state index contributed by atoms with van der Waals surface area (Å²) in [5, 5.41) is 0. The number of benzene rings is 1. The molecule has 7 heteroatoms. The van der Waals surface area contributed by atoms with Gasteiger partial charge in [-0.3, -0.25) is 9.59 Å². The van der Waals surface area contributed by atoms with Gasteiger partial charge in [-0.15, -0.1) is 0 Å². The van der Waals surface area contributed by atoms with Crippen LogP contribution in [0.15, 0.2) is 24.3 Å². The zero-order valence-electron chi connectivity index (χ0n) is 12.7. The van der Waals surface area contributed by atoms with Crippen LogP contribution >= 0.6 is 0 Å². The summed E-state index contributed by atoms with van der Waals surface area (Å²) >= 11 is 0. The van der Waals surface area contributed by atoms with Crippen molar-refractivity contribution in [2.75, 3.05) is 19.7 Å². The number of amides is 1. The van der Waals surface area contributed by atoms with E-state index < -0.39 is 17.6 Å². The molecule has 1 heterocycles. The van der Waals surface area contributed by atoms with Crippen LogP contribution in [0.4, 0.5) is 13.2 Å². The normalized spacial score (nSPS) is 16.3. The fraction of sp³-hybridized carbons (Fsp3) is 0.500. The molecular formula is C16H18F3NO3. The van der Waals surface area contributed by atoms with E-state index in [2.05, 4.69) is 0 Å². The highest BCUT2D eigenvalue weighted by Crippen LogP contribution is 2.33. The molecule has 4 nitrogen and oxygen atoms in total. The van der Waals surface area contributed by atoms with E-state index in [0.29, 0.717) is 12.8 Å². The number of rotatable bonds is 3. The van der Waals surface area contributed by atoms with E-state index in [1.165, 1.54) is 23.1 Å². The van der Waals surface area contributed by atoms with Gasteiger partial charge in [0.2, 0.25) is 0 Å². The number of carbonyl (C=O) groups excluding carboxylic acids is 2. The molecule has 1 amide bonds. The maximum absolute atomic E-state index is 13.0. The van der Waals surface area contributed by atoms with E-state index in [0.717, 1.165) is 6.07 Å². The van der Waals surface area contributed by atoms with Gasteiger partial charge < -0.3 is 9.64 Å². The van der Waals surface area contributed by atoms with Crippen LogP contribution in [-0.4, -0.2) is 36.5 Å². The fourth-order valence-electron chi connectivity index (χ4n) is 2.67. The van der Waals surface area contributed by atoms with Crippen LogP contribution in [0.2, 0.25) is 0 Å². The Morgan fingerprint density at radius 3 is 2.39 bits per heavy atom. The second-order valence-corrected chi connectivity index (χ2v) is 5.36. The molecule has 0 unspecified atom stereocenters. The molecule has 1 aromatic carbocycles. The first-order chi connectivity index (χ1) is 10.8. The number of likely N-dealkylation sites (tertiary alicyclic amines) is 1. The summed E-state index contributed by atoms with van der Waals surface area (Å²) in [6.07, 6.45) is -3.77. The number of nitrogens with zero attached hydrogens (tertiary/aromatic N) is 1. The van der Waals surface area contributed by atoms with Crippen molar-refractivity contribution in [1.82, 2.24) is 4.90 Å². The monoisotopic (exact) mass is 329 g/mol. The third kappa shape index (κ3) is 4.03. The molecule has 1 aliphatic rings. The van der Waals surface area contributed by atoms with Gasteiger partial charge in [0.15, 0.2) is 0 Å². The van der Waals surface area contributed by atoms with E-state index in [1.807, 2.05) is 0 Å². The van der Waals surface area contributed by atoms with Gasteiger partial charge in [0.05, 0.1) is 23.7 Å². The first-order valence-corrected chi connectivity index (χ1v) is 7.46. The third-order valence-electron chi connectivity index (χ3n) is 3.86. The van der Waals surface area contributed by atoms with E-state index in [-0.39, 0.29) is 37.1 Å². The van der Waals surface area contributed by atoms with Crippen molar-refractivity contribution >= 4 is 11.9 Å². The molecule has 0 spiro atoms. The van der Waals surface area contributed by atoms with Crippen LogP contribution < -0.4 is 0 Å².